The summed E-state index contributed by atoms with van der Waals surface area (Å²) >= 11 is 0. The summed E-state index contributed by atoms with van der Waals surface area (Å²) in [5.74, 6) is -0.803. The third-order valence-corrected chi connectivity index (χ3v) is 4.62. The standard InChI is InChI=1S/C17H18F3N5O/c1-9-4-10(23-26-9)7-25-16-6-13(20)12(19)5-15(16)22-17(25)24-3-2-11(18)14(21)8-24/h4-6,11,14H,2-3,7-8,21H2,1H3/t11-,14-/m1/s1. The van der Waals surface area contributed by atoms with Crippen molar-refractivity contribution in [1.29, 1.82) is 0 Å². The lowest BCUT2D eigenvalue weighted by Gasteiger charge is -2.34. The first kappa shape index (κ1) is 16.9. The summed E-state index contributed by atoms with van der Waals surface area (Å²) in [4.78, 5) is 6.28. The predicted octanol–water partition coefficient (Wildman–Crippen LogP) is 2.53. The van der Waals surface area contributed by atoms with Crippen LogP contribution in [0.1, 0.15) is 17.9 Å². The summed E-state index contributed by atoms with van der Waals surface area (Å²) < 4.78 is 48.0. The molecule has 0 saturated carbocycles. The highest BCUT2D eigenvalue weighted by atomic mass is 19.2. The number of hydrogen-bond acceptors (Lipinski definition) is 5. The monoisotopic (exact) mass is 365 g/mol. The molecule has 138 valence electrons. The molecule has 2 aromatic heterocycles. The molecule has 1 aliphatic rings. The van der Waals surface area contributed by atoms with Crippen molar-refractivity contribution in [1.82, 2.24) is 14.7 Å². The number of aromatic nitrogens is 3. The summed E-state index contributed by atoms with van der Waals surface area (Å²) in [6.45, 7) is 2.72. The van der Waals surface area contributed by atoms with Crippen LogP contribution in [0.3, 0.4) is 0 Å². The van der Waals surface area contributed by atoms with Gasteiger partial charge in [0.25, 0.3) is 0 Å². The van der Waals surface area contributed by atoms with Gasteiger partial charge in [-0.05, 0) is 13.3 Å². The Morgan fingerprint density at radius 1 is 1.27 bits per heavy atom. The van der Waals surface area contributed by atoms with Crippen molar-refractivity contribution >= 4 is 17.0 Å². The van der Waals surface area contributed by atoms with E-state index in [-0.39, 0.29) is 19.5 Å². The molecule has 9 heteroatoms. The van der Waals surface area contributed by atoms with Crippen LogP contribution in [0.25, 0.3) is 11.0 Å². The highest BCUT2D eigenvalue weighted by molar-refractivity contribution is 5.79. The first-order valence-corrected chi connectivity index (χ1v) is 8.34. The molecule has 1 saturated heterocycles. The van der Waals surface area contributed by atoms with Crippen molar-refractivity contribution in [2.24, 2.45) is 5.73 Å². The van der Waals surface area contributed by atoms with E-state index in [2.05, 4.69) is 10.1 Å². The van der Waals surface area contributed by atoms with Gasteiger partial charge in [0.05, 0.1) is 23.6 Å². The van der Waals surface area contributed by atoms with E-state index < -0.39 is 23.8 Å². The van der Waals surface area contributed by atoms with E-state index in [0.29, 0.717) is 35.0 Å². The van der Waals surface area contributed by atoms with E-state index in [4.69, 9.17) is 10.3 Å². The minimum atomic E-state index is -1.07. The molecule has 0 spiro atoms. The lowest BCUT2D eigenvalue weighted by Crippen LogP contribution is -2.50. The number of fused-ring (bicyclic) bond motifs is 1. The maximum atomic E-state index is 13.8. The summed E-state index contributed by atoms with van der Waals surface area (Å²) in [6.07, 6.45) is -0.798. The third-order valence-electron chi connectivity index (χ3n) is 4.62. The van der Waals surface area contributed by atoms with Crippen LogP contribution in [0, 0.1) is 18.6 Å². The number of benzene rings is 1. The Labute approximate surface area is 147 Å². The molecule has 1 aromatic carbocycles. The van der Waals surface area contributed by atoms with E-state index in [9.17, 15) is 13.2 Å². The van der Waals surface area contributed by atoms with Gasteiger partial charge in [0, 0.05) is 31.3 Å². The molecule has 2 atom stereocenters. The minimum Gasteiger partial charge on any atom is -0.361 e. The van der Waals surface area contributed by atoms with E-state index in [1.807, 2.05) is 4.90 Å². The number of nitrogens with two attached hydrogens (primary N) is 1. The fraction of sp³-hybridized carbons (Fsp3) is 0.412. The van der Waals surface area contributed by atoms with Crippen molar-refractivity contribution in [3.05, 3.63) is 41.3 Å². The third kappa shape index (κ3) is 2.92. The van der Waals surface area contributed by atoms with Gasteiger partial charge in [-0.25, -0.2) is 18.2 Å². The number of rotatable bonds is 3. The van der Waals surface area contributed by atoms with E-state index in [0.717, 1.165) is 12.1 Å². The van der Waals surface area contributed by atoms with Crippen molar-refractivity contribution in [3.63, 3.8) is 0 Å². The molecule has 1 aliphatic heterocycles. The SMILES string of the molecule is Cc1cc(Cn2c(N3CC[C@@H](F)[C@H](N)C3)nc3cc(F)c(F)cc32)no1. The molecule has 1 fully saturated rings. The molecular weight excluding hydrogens is 347 g/mol. The topological polar surface area (TPSA) is 73.1 Å². The van der Waals surface area contributed by atoms with Crippen LogP contribution in [0.4, 0.5) is 19.1 Å². The molecule has 6 nitrogen and oxygen atoms in total. The number of piperidine rings is 1. The molecule has 2 N–H and O–H groups in total. The van der Waals surface area contributed by atoms with Gasteiger partial charge in [-0.2, -0.15) is 0 Å². The fourth-order valence-corrected chi connectivity index (χ4v) is 3.29. The quantitative estimate of drug-likeness (QED) is 0.772. The zero-order chi connectivity index (χ0) is 18.4. The number of aryl methyl sites for hydroxylation is 1. The Morgan fingerprint density at radius 3 is 2.73 bits per heavy atom. The normalized spacial score (nSPS) is 20.9. The molecule has 0 unspecified atom stereocenters. The van der Waals surface area contributed by atoms with Crippen LogP contribution in [0.2, 0.25) is 0 Å². The van der Waals surface area contributed by atoms with Gasteiger partial charge < -0.3 is 19.7 Å². The number of alkyl halides is 1. The summed E-state index contributed by atoms with van der Waals surface area (Å²) in [5, 5.41) is 3.96. The Morgan fingerprint density at radius 2 is 2.04 bits per heavy atom. The van der Waals surface area contributed by atoms with Gasteiger partial charge in [-0.3, -0.25) is 0 Å². The van der Waals surface area contributed by atoms with E-state index >= 15 is 0 Å². The molecule has 3 aromatic rings. The average molecular weight is 365 g/mol. The Bertz CT molecular complexity index is 953. The fourth-order valence-electron chi connectivity index (χ4n) is 3.29. The number of hydrogen-bond donors (Lipinski definition) is 1. The van der Waals surface area contributed by atoms with Crippen molar-refractivity contribution in [3.8, 4) is 0 Å². The molecule has 0 amide bonds. The minimum absolute atomic E-state index is 0.263. The highest BCUT2D eigenvalue weighted by Crippen LogP contribution is 2.28. The summed E-state index contributed by atoms with van der Waals surface area (Å²) in [7, 11) is 0. The van der Waals surface area contributed by atoms with E-state index in [1.165, 1.54) is 0 Å². The van der Waals surface area contributed by atoms with Crippen LogP contribution in [0.5, 0.6) is 0 Å². The lowest BCUT2D eigenvalue weighted by atomic mass is 10.1. The van der Waals surface area contributed by atoms with Gasteiger partial charge in [0.2, 0.25) is 5.95 Å². The Kier molecular flexibility index (Phi) is 4.10. The molecule has 0 bridgehead atoms. The number of imidazole rings is 1. The summed E-state index contributed by atoms with van der Waals surface area (Å²) in [6, 6.07) is 3.28. The molecule has 3 heterocycles. The van der Waals surface area contributed by atoms with Crippen LogP contribution in [-0.4, -0.2) is 40.0 Å². The first-order chi connectivity index (χ1) is 12.4. The van der Waals surface area contributed by atoms with Gasteiger partial charge in [0.1, 0.15) is 17.6 Å². The maximum absolute atomic E-state index is 13.8. The molecular formula is C17H18F3N5O. The van der Waals surface area contributed by atoms with Crippen LogP contribution in [-0.2, 0) is 6.54 Å². The number of anilines is 1. The molecule has 0 radical (unpaired) electrons. The average Bonchev–Trinajstić information content (AvgIpc) is 3.15. The highest BCUT2D eigenvalue weighted by Gasteiger charge is 2.29. The van der Waals surface area contributed by atoms with Crippen LogP contribution in [0.15, 0.2) is 22.7 Å². The van der Waals surface area contributed by atoms with Gasteiger partial charge in [-0.15, -0.1) is 0 Å². The Balaban J connectivity index is 1.81. The smallest absolute Gasteiger partial charge is 0.206 e. The van der Waals surface area contributed by atoms with Crippen LogP contribution >= 0.6 is 0 Å². The second-order valence-electron chi connectivity index (χ2n) is 6.60. The zero-order valence-corrected chi connectivity index (χ0v) is 14.1. The Hall–Kier alpha value is -2.55. The maximum Gasteiger partial charge on any atom is 0.206 e. The van der Waals surface area contributed by atoms with Crippen molar-refractivity contribution < 1.29 is 17.7 Å². The predicted molar refractivity (Wildman–Crippen MR) is 89.7 cm³/mol. The van der Waals surface area contributed by atoms with Crippen molar-refractivity contribution in [2.45, 2.75) is 32.1 Å². The first-order valence-electron chi connectivity index (χ1n) is 8.34. The second kappa shape index (κ2) is 6.31. The van der Waals surface area contributed by atoms with E-state index in [1.54, 1.807) is 17.6 Å². The molecule has 26 heavy (non-hydrogen) atoms. The largest absolute Gasteiger partial charge is 0.361 e. The van der Waals surface area contributed by atoms with Gasteiger partial charge in [-0.1, -0.05) is 5.16 Å². The number of nitrogens with zero attached hydrogens (tertiary/aromatic N) is 4. The number of halogens is 3. The van der Waals surface area contributed by atoms with Crippen LogP contribution < -0.4 is 10.6 Å². The molecule has 0 aliphatic carbocycles. The van der Waals surface area contributed by atoms with Gasteiger partial charge in [0.15, 0.2) is 11.6 Å². The second-order valence-corrected chi connectivity index (χ2v) is 6.60. The summed E-state index contributed by atoms with van der Waals surface area (Å²) in [5.41, 5.74) is 7.22. The van der Waals surface area contributed by atoms with Gasteiger partial charge >= 0.3 is 0 Å². The zero-order valence-electron chi connectivity index (χ0n) is 14.1. The van der Waals surface area contributed by atoms with Crippen molar-refractivity contribution in [2.75, 3.05) is 18.0 Å². The molecule has 4 rings (SSSR count). The lowest BCUT2D eigenvalue weighted by molar-refractivity contribution is 0.243.